The van der Waals surface area contributed by atoms with Gasteiger partial charge in [0.15, 0.2) is 0 Å². The van der Waals surface area contributed by atoms with Gasteiger partial charge in [0, 0.05) is 30.9 Å². The summed E-state index contributed by atoms with van der Waals surface area (Å²) in [5.74, 6) is 2.19. The van der Waals surface area contributed by atoms with E-state index < -0.39 is 0 Å². The Hall–Kier alpha value is -1.69. The molecule has 2 aromatic heterocycles. The van der Waals surface area contributed by atoms with E-state index in [1.54, 1.807) is 0 Å². The maximum absolute atomic E-state index is 4.42. The molecule has 2 aliphatic rings. The summed E-state index contributed by atoms with van der Waals surface area (Å²) < 4.78 is 4.24. The summed E-state index contributed by atoms with van der Waals surface area (Å²) in [7, 11) is 1.98. The predicted octanol–water partition coefficient (Wildman–Crippen LogP) is 1.99. The topological polar surface area (TPSA) is 51.8 Å². The van der Waals surface area contributed by atoms with E-state index in [4.69, 9.17) is 0 Å². The molecule has 2 fully saturated rings. The van der Waals surface area contributed by atoms with Crippen LogP contribution in [-0.4, -0.2) is 36.0 Å². The molecular weight excluding hydrogens is 264 g/mol. The molecule has 1 aliphatic heterocycles. The average Bonchev–Trinajstić information content (AvgIpc) is 2.86. The summed E-state index contributed by atoms with van der Waals surface area (Å²) in [6.07, 6.45) is 9.15. The van der Waals surface area contributed by atoms with Crippen LogP contribution in [0.3, 0.4) is 0 Å². The highest BCUT2D eigenvalue weighted by molar-refractivity contribution is 5.13. The van der Waals surface area contributed by atoms with Gasteiger partial charge in [0.2, 0.25) is 0 Å². The minimum absolute atomic E-state index is 0.475. The molecule has 1 unspecified atom stereocenters. The maximum atomic E-state index is 4.42. The second kappa shape index (κ2) is 4.94. The van der Waals surface area contributed by atoms with Gasteiger partial charge in [-0.05, 0) is 39.2 Å². The zero-order valence-corrected chi connectivity index (χ0v) is 12.7. The second-order valence-corrected chi connectivity index (χ2v) is 6.34. The quantitative estimate of drug-likeness (QED) is 0.862. The zero-order valence-electron chi connectivity index (χ0n) is 12.7. The van der Waals surface area contributed by atoms with Crippen molar-refractivity contribution in [1.82, 2.24) is 29.4 Å². The molecule has 0 spiro atoms. The van der Waals surface area contributed by atoms with E-state index in [9.17, 15) is 0 Å². The number of nitrogens with zero attached hydrogens (tertiary/aromatic N) is 6. The highest BCUT2D eigenvalue weighted by Crippen LogP contribution is 2.38. The molecule has 0 radical (unpaired) electrons. The maximum Gasteiger partial charge on any atom is 0.147 e. The van der Waals surface area contributed by atoms with Crippen LogP contribution in [-0.2, 0) is 13.6 Å². The van der Waals surface area contributed by atoms with Crippen LogP contribution in [0.4, 0.5) is 0 Å². The first-order valence-electron chi connectivity index (χ1n) is 7.85. The third kappa shape index (κ3) is 2.37. The second-order valence-electron chi connectivity index (χ2n) is 6.34. The van der Waals surface area contributed by atoms with E-state index in [1.165, 1.54) is 31.2 Å². The minimum Gasteiger partial charge on any atom is -0.311 e. The fourth-order valence-corrected chi connectivity index (χ4v) is 3.52. The van der Waals surface area contributed by atoms with Crippen LogP contribution in [0.2, 0.25) is 0 Å². The van der Waals surface area contributed by atoms with Crippen molar-refractivity contribution in [3.05, 3.63) is 29.6 Å². The number of aryl methyl sites for hydroxylation is 2. The fourth-order valence-electron chi connectivity index (χ4n) is 3.52. The van der Waals surface area contributed by atoms with Crippen molar-refractivity contribution in [1.29, 1.82) is 0 Å². The average molecular weight is 286 g/mol. The van der Waals surface area contributed by atoms with Gasteiger partial charge in [-0.2, -0.15) is 5.10 Å². The first-order valence-corrected chi connectivity index (χ1v) is 7.85. The predicted molar refractivity (Wildman–Crippen MR) is 78.6 cm³/mol. The Morgan fingerprint density at radius 3 is 2.81 bits per heavy atom. The van der Waals surface area contributed by atoms with Crippen LogP contribution >= 0.6 is 0 Å². The van der Waals surface area contributed by atoms with Gasteiger partial charge in [-0.3, -0.25) is 9.58 Å². The molecule has 21 heavy (non-hydrogen) atoms. The fraction of sp³-hybridized carbons (Fsp3) is 0.667. The van der Waals surface area contributed by atoms with Gasteiger partial charge in [0.05, 0.1) is 12.7 Å². The molecule has 1 atom stereocenters. The van der Waals surface area contributed by atoms with Crippen LogP contribution < -0.4 is 0 Å². The van der Waals surface area contributed by atoms with Crippen molar-refractivity contribution >= 4 is 0 Å². The molecule has 0 amide bonds. The Kier molecular flexibility index (Phi) is 3.06. The van der Waals surface area contributed by atoms with E-state index in [0.29, 0.717) is 12.1 Å². The summed E-state index contributed by atoms with van der Waals surface area (Å²) in [6, 6.07) is 1.12. The Labute approximate surface area is 124 Å². The van der Waals surface area contributed by atoms with Crippen molar-refractivity contribution in [3.63, 3.8) is 0 Å². The lowest BCUT2D eigenvalue weighted by atomic mass is 10.1. The molecular formula is C15H22N6. The first kappa shape index (κ1) is 13.0. The Bertz CT molecular complexity index is 638. The molecule has 4 rings (SSSR count). The first-order chi connectivity index (χ1) is 10.2. The lowest BCUT2D eigenvalue weighted by Crippen LogP contribution is -2.24. The summed E-state index contributed by atoms with van der Waals surface area (Å²) in [6.45, 7) is 4.10. The minimum atomic E-state index is 0.475. The van der Waals surface area contributed by atoms with E-state index in [-0.39, 0.29) is 0 Å². The number of hydrogen-bond donors (Lipinski definition) is 0. The Balaban J connectivity index is 1.56. The van der Waals surface area contributed by atoms with Crippen molar-refractivity contribution in [2.45, 2.75) is 51.2 Å². The van der Waals surface area contributed by atoms with Crippen molar-refractivity contribution < 1.29 is 0 Å². The van der Waals surface area contributed by atoms with E-state index in [0.717, 1.165) is 24.7 Å². The van der Waals surface area contributed by atoms with E-state index in [2.05, 4.69) is 37.9 Å². The van der Waals surface area contributed by atoms with Crippen molar-refractivity contribution in [2.75, 3.05) is 6.54 Å². The molecule has 1 saturated carbocycles. The van der Waals surface area contributed by atoms with Gasteiger partial charge in [0.25, 0.3) is 0 Å². The smallest absolute Gasteiger partial charge is 0.147 e. The molecule has 6 nitrogen and oxygen atoms in total. The van der Waals surface area contributed by atoms with Gasteiger partial charge in [-0.25, -0.2) is 0 Å². The van der Waals surface area contributed by atoms with Gasteiger partial charge in [0.1, 0.15) is 11.6 Å². The lowest BCUT2D eigenvalue weighted by molar-refractivity contribution is 0.238. The molecule has 6 heteroatoms. The molecule has 3 heterocycles. The number of likely N-dealkylation sites (tertiary alicyclic amines) is 1. The molecule has 0 aromatic carbocycles. The SMILES string of the molecule is Cc1nnc(CN2CCCC2c2cnn(C)c2)n1C1CC1. The van der Waals surface area contributed by atoms with Crippen molar-refractivity contribution in [3.8, 4) is 0 Å². The third-order valence-electron chi connectivity index (χ3n) is 4.67. The van der Waals surface area contributed by atoms with Gasteiger partial charge in [-0.1, -0.05) is 0 Å². The zero-order chi connectivity index (χ0) is 14.4. The van der Waals surface area contributed by atoms with Crippen LogP contribution in [0.15, 0.2) is 12.4 Å². The summed E-state index contributed by atoms with van der Waals surface area (Å²) in [4.78, 5) is 2.53. The van der Waals surface area contributed by atoms with Gasteiger partial charge in [-0.15, -0.1) is 10.2 Å². The number of rotatable bonds is 4. The van der Waals surface area contributed by atoms with Crippen LogP contribution in [0, 0.1) is 6.92 Å². The third-order valence-corrected chi connectivity index (χ3v) is 4.67. The summed E-state index contributed by atoms with van der Waals surface area (Å²) >= 11 is 0. The van der Waals surface area contributed by atoms with Gasteiger partial charge >= 0.3 is 0 Å². The highest BCUT2D eigenvalue weighted by Gasteiger charge is 2.32. The molecule has 0 bridgehead atoms. The van der Waals surface area contributed by atoms with Crippen LogP contribution in [0.25, 0.3) is 0 Å². The molecule has 1 aliphatic carbocycles. The van der Waals surface area contributed by atoms with Gasteiger partial charge < -0.3 is 4.57 Å². The summed E-state index contributed by atoms with van der Waals surface area (Å²) in [5, 5.41) is 13.0. The standard InChI is InChI=1S/C15H22N6/c1-11-17-18-15(21(11)13-5-6-13)10-20-7-3-4-14(20)12-8-16-19(2)9-12/h8-9,13-14H,3-7,10H2,1-2H3. The largest absolute Gasteiger partial charge is 0.311 e. The molecule has 2 aromatic rings. The van der Waals surface area contributed by atoms with Crippen LogP contribution in [0.5, 0.6) is 0 Å². The number of aromatic nitrogens is 5. The summed E-state index contributed by atoms with van der Waals surface area (Å²) in [5.41, 5.74) is 1.32. The molecule has 112 valence electrons. The Morgan fingerprint density at radius 2 is 2.10 bits per heavy atom. The monoisotopic (exact) mass is 286 g/mol. The lowest BCUT2D eigenvalue weighted by Gasteiger charge is -2.23. The van der Waals surface area contributed by atoms with Crippen LogP contribution in [0.1, 0.15) is 55.0 Å². The van der Waals surface area contributed by atoms with E-state index >= 15 is 0 Å². The van der Waals surface area contributed by atoms with E-state index in [1.807, 2.05) is 17.9 Å². The number of hydrogen-bond acceptors (Lipinski definition) is 4. The molecule has 1 saturated heterocycles. The van der Waals surface area contributed by atoms with Crippen molar-refractivity contribution in [2.24, 2.45) is 7.05 Å². The Morgan fingerprint density at radius 1 is 1.24 bits per heavy atom. The normalized spacial score (nSPS) is 23.0. The molecule has 0 N–H and O–H groups in total. The highest BCUT2D eigenvalue weighted by atomic mass is 15.3.